The van der Waals surface area contributed by atoms with Crippen LogP contribution in [0.25, 0.3) is 0 Å². The topological polar surface area (TPSA) is 52.5 Å². The van der Waals surface area contributed by atoms with Crippen LogP contribution < -0.4 is 5.32 Å². The van der Waals surface area contributed by atoms with E-state index in [0.717, 1.165) is 5.56 Å². The van der Waals surface area contributed by atoms with Crippen LogP contribution in [0.5, 0.6) is 0 Å². The van der Waals surface area contributed by atoms with Crippen molar-refractivity contribution in [3.63, 3.8) is 0 Å². The van der Waals surface area contributed by atoms with Gasteiger partial charge in [0.05, 0.1) is 18.8 Å². The van der Waals surface area contributed by atoms with Gasteiger partial charge in [-0.1, -0.05) is 54.1 Å². The highest BCUT2D eigenvalue weighted by atomic mass is 16.3. The number of nitrogens with one attached hydrogen (secondary N) is 1. The van der Waals surface area contributed by atoms with Gasteiger partial charge in [0.25, 0.3) is 0 Å². The highest BCUT2D eigenvalue weighted by Crippen LogP contribution is 2.25. The Morgan fingerprint density at radius 2 is 1.76 bits per heavy atom. The van der Waals surface area contributed by atoms with Crippen LogP contribution in [0.4, 0.5) is 0 Å². The Balaban J connectivity index is 2.31. The van der Waals surface area contributed by atoms with Crippen molar-refractivity contribution in [1.29, 1.82) is 0 Å². The molecule has 0 aliphatic rings. The van der Waals surface area contributed by atoms with Gasteiger partial charge in [-0.15, -0.1) is 0 Å². The summed E-state index contributed by atoms with van der Waals surface area (Å²) in [6, 6.07) is 16.5. The number of aliphatic hydroxyl groups excluding tert-OH is 2. The second-order valence-electron chi connectivity index (χ2n) is 5.45. The minimum absolute atomic E-state index is 0.00741. The Hall–Kier alpha value is -1.68. The quantitative estimate of drug-likeness (QED) is 0.763. The first-order chi connectivity index (χ1) is 10.1. The largest absolute Gasteiger partial charge is 0.394 e. The van der Waals surface area contributed by atoms with E-state index < -0.39 is 6.10 Å². The molecule has 3 heteroatoms. The first kappa shape index (κ1) is 15.7. The van der Waals surface area contributed by atoms with E-state index in [2.05, 4.69) is 49.5 Å². The molecule has 2 aromatic carbocycles. The normalized spacial score (nSPS) is 13.9. The van der Waals surface area contributed by atoms with Gasteiger partial charge < -0.3 is 15.5 Å². The summed E-state index contributed by atoms with van der Waals surface area (Å²) in [5.74, 6) is 0. The molecule has 21 heavy (non-hydrogen) atoms. The molecule has 0 bridgehead atoms. The fourth-order valence-corrected chi connectivity index (χ4v) is 2.52. The van der Waals surface area contributed by atoms with E-state index in [-0.39, 0.29) is 12.6 Å². The van der Waals surface area contributed by atoms with Crippen LogP contribution in [0.3, 0.4) is 0 Å². The maximum absolute atomic E-state index is 9.60. The lowest BCUT2D eigenvalue weighted by atomic mass is 9.93. The molecular weight excluding hydrogens is 262 g/mol. The number of rotatable bonds is 6. The lowest BCUT2D eigenvalue weighted by Gasteiger charge is -2.23. The van der Waals surface area contributed by atoms with Crippen molar-refractivity contribution in [2.24, 2.45) is 0 Å². The Kier molecular flexibility index (Phi) is 5.51. The first-order valence-corrected chi connectivity index (χ1v) is 7.26. The van der Waals surface area contributed by atoms with Gasteiger partial charge in [0.2, 0.25) is 0 Å². The summed E-state index contributed by atoms with van der Waals surface area (Å²) in [7, 11) is 0. The summed E-state index contributed by atoms with van der Waals surface area (Å²) < 4.78 is 0. The first-order valence-electron chi connectivity index (χ1n) is 7.26. The predicted octanol–water partition coefficient (Wildman–Crippen LogP) is 2.34. The molecule has 0 saturated heterocycles. The van der Waals surface area contributed by atoms with Gasteiger partial charge >= 0.3 is 0 Å². The molecule has 0 amide bonds. The zero-order valence-electron chi connectivity index (χ0n) is 12.6. The third kappa shape index (κ3) is 4.14. The Morgan fingerprint density at radius 1 is 1.05 bits per heavy atom. The van der Waals surface area contributed by atoms with Gasteiger partial charge in [-0.2, -0.15) is 0 Å². The maximum atomic E-state index is 9.60. The van der Waals surface area contributed by atoms with Crippen molar-refractivity contribution in [2.75, 3.05) is 13.2 Å². The SMILES string of the molecule is Cc1ccc(C(NCC(O)CO)c2ccccc2)c(C)c1. The van der Waals surface area contributed by atoms with Gasteiger partial charge in [-0.25, -0.2) is 0 Å². The number of hydrogen-bond acceptors (Lipinski definition) is 3. The third-order valence-electron chi connectivity index (χ3n) is 3.64. The van der Waals surface area contributed by atoms with E-state index in [1.54, 1.807) is 0 Å². The van der Waals surface area contributed by atoms with Crippen molar-refractivity contribution in [1.82, 2.24) is 5.32 Å². The van der Waals surface area contributed by atoms with Crippen molar-refractivity contribution in [2.45, 2.75) is 26.0 Å². The van der Waals surface area contributed by atoms with Crippen LogP contribution in [0, 0.1) is 13.8 Å². The lowest BCUT2D eigenvalue weighted by molar-refractivity contribution is 0.0929. The molecule has 3 N–H and O–H groups in total. The molecule has 0 saturated carbocycles. The summed E-state index contributed by atoms with van der Waals surface area (Å²) in [5.41, 5.74) is 4.79. The van der Waals surface area contributed by atoms with Crippen LogP contribution in [-0.4, -0.2) is 29.5 Å². The Labute approximate surface area is 126 Å². The summed E-state index contributed by atoms with van der Waals surface area (Å²) in [6.07, 6.45) is -0.748. The van der Waals surface area contributed by atoms with E-state index in [1.165, 1.54) is 16.7 Å². The molecule has 0 spiro atoms. The van der Waals surface area contributed by atoms with E-state index >= 15 is 0 Å². The van der Waals surface area contributed by atoms with Gasteiger partial charge in [-0.05, 0) is 30.5 Å². The van der Waals surface area contributed by atoms with Crippen molar-refractivity contribution in [3.8, 4) is 0 Å². The maximum Gasteiger partial charge on any atom is 0.0895 e. The molecule has 0 heterocycles. The van der Waals surface area contributed by atoms with Crippen LogP contribution in [0.1, 0.15) is 28.3 Å². The second-order valence-corrected chi connectivity index (χ2v) is 5.45. The van der Waals surface area contributed by atoms with E-state index in [9.17, 15) is 5.11 Å². The molecule has 0 radical (unpaired) electrons. The molecular formula is C18H23NO2. The summed E-state index contributed by atoms with van der Waals surface area (Å²) in [6.45, 7) is 4.30. The van der Waals surface area contributed by atoms with E-state index in [4.69, 9.17) is 5.11 Å². The third-order valence-corrected chi connectivity index (χ3v) is 3.64. The highest BCUT2D eigenvalue weighted by molar-refractivity contribution is 5.38. The van der Waals surface area contributed by atoms with E-state index in [1.807, 2.05) is 18.2 Å². The molecule has 3 nitrogen and oxygen atoms in total. The van der Waals surface area contributed by atoms with Gasteiger partial charge in [0.1, 0.15) is 0 Å². The minimum Gasteiger partial charge on any atom is -0.394 e. The average molecular weight is 285 g/mol. The van der Waals surface area contributed by atoms with Gasteiger partial charge in [0, 0.05) is 6.54 Å². The smallest absolute Gasteiger partial charge is 0.0895 e. The van der Waals surface area contributed by atoms with Crippen LogP contribution >= 0.6 is 0 Å². The predicted molar refractivity (Wildman–Crippen MR) is 85.3 cm³/mol. The fourth-order valence-electron chi connectivity index (χ4n) is 2.52. The van der Waals surface area contributed by atoms with Crippen LogP contribution in [0.2, 0.25) is 0 Å². The Morgan fingerprint density at radius 3 is 2.38 bits per heavy atom. The summed E-state index contributed by atoms with van der Waals surface area (Å²) in [5, 5.41) is 21.9. The van der Waals surface area contributed by atoms with Gasteiger partial charge in [0.15, 0.2) is 0 Å². The molecule has 112 valence electrons. The molecule has 2 atom stereocenters. The highest BCUT2D eigenvalue weighted by Gasteiger charge is 2.16. The summed E-state index contributed by atoms with van der Waals surface area (Å²) in [4.78, 5) is 0. The molecule has 2 aromatic rings. The van der Waals surface area contributed by atoms with Gasteiger partial charge in [-0.3, -0.25) is 0 Å². The lowest BCUT2D eigenvalue weighted by Crippen LogP contribution is -2.33. The van der Waals surface area contributed by atoms with Crippen LogP contribution in [-0.2, 0) is 0 Å². The van der Waals surface area contributed by atoms with Crippen molar-refractivity contribution < 1.29 is 10.2 Å². The van der Waals surface area contributed by atoms with Crippen molar-refractivity contribution >= 4 is 0 Å². The molecule has 0 aliphatic heterocycles. The number of hydrogen-bond donors (Lipinski definition) is 3. The van der Waals surface area contributed by atoms with E-state index in [0.29, 0.717) is 6.54 Å². The standard InChI is InChI=1S/C18H23NO2/c1-13-8-9-17(14(2)10-13)18(19-11-16(21)12-20)15-6-4-3-5-7-15/h3-10,16,18-21H,11-12H2,1-2H3. The zero-order valence-corrected chi connectivity index (χ0v) is 12.6. The number of benzene rings is 2. The second kappa shape index (κ2) is 7.36. The van der Waals surface area contributed by atoms with Crippen molar-refractivity contribution in [3.05, 3.63) is 70.8 Å². The summed E-state index contributed by atoms with van der Waals surface area (Å²) >= 11 is 0. The molecule has 0 aliphatic carbocycles. The molecule has 0 fully saturated rings. The molecule has 2 unspecified atom stereocenters. The Bertz CT molecular complexity index is 569. The monoisotopic (exact) mass is 285 g/mol. The molecule has 0 aromatic heterocycles. The minimum atomic E-state index is -0.748. The van der Waals surface area contributed by atoms with Crippen LogP contribution in [0.15, 0.2) is 48.5 Å². The fraction of sp³-hybridized carbons (Fsp3) is 0.333. The number of aliphatic hydroxyl groups is 2. The zero-order chi connectivity index (χ0) is 15.2. The average Bonchev–Trinajstić information content (AvgIpc) is 2.50. The molecule has 2 rings (SSSR count). The number of aryl methyl sites for hydroxylation is 2.